The van der Waals surface area contributed by atoms with Gasteiger partial charge in [0.25, 0.3) is 5.91 Å². The Labute approximate surface area is 207 Å². The zero-order valence-corrected chi connectivity index (χ0v) is 20.2. The Morgan fingerprint density at radius 2 is 2.03 bits per heavy atom. The lowest BCUT2D eigenvalue weighted by Gasteiger charge is -2.39. The second-order valence-electron chi connectivity index (χ2n) is 9.59. The zero-order valence-electron chi connectivity index (χ0n) is 19.5. The van der Waals surface area contributed by atoms with Gasteiger partial charge in [0.2, 0.25) is 0 Å². The molecule has 3 aliphatic rings. The van der Waals surface area contributed by atoms with Crippen molar-refractivity contribution in [2.45, 2.75) is 57.0 Å². The maximum Gasteiger partial charge on any atom is 0.258 e. The van der Waals surface area contributed by atoms with Gasteiger partial charge in [0, 0.05) is 43.6 Å². The number of ether oxygens (including phenoxy) is 2. The fraction of sp³-hybridized carbons (Fsp3) is 0.480. The first-order valence-corrected chi connectivity index (χ1v) is 12.4. The van der Waals surface area contributed by atoms with Crippen LogP contribution in [-0.2, 0) is 17.8 Å². The highest BCUT2D eigenvalue weighted by Crippen LogP contribution is 2.38. The zero-order chi connectivity index (χ0) is 24.1. The van der Waals surface area contributed by atoms with Crippen LogP contribution < -0.4 is 4.74 Å². The molecule has 1 unspecified atom stereocenters. The van der Waals surface area contributed by atoms with E-state index in [1.54, 1.807) is 28.9 Å². The molecule has 3 aliphatic heterocycles. The topological polar surface area (TPSA) is 72.2 Å². The molecule has 6 rings (SSSR count). The lowest BCUT2D eigenvalue weighted by molar-refractivity contribution is 0.0322. The second kappa shape index (κ2) is 9.04. The van der Waals surface area contributed by atoms with Gasteiger partial charge in [0.05, 0.1) is 42.2 Å². The van der Waals surface area contributed by atoms with Gasteiger partial charge in [-0.25, -0.2) is 13.9 Å². The van der Waals surface area contributed by atoms with E-state index in [1.807, 2.05) is 0 Å². The fourth-order valence-corrected chi connectivity index (χ4v) is 6.01. The number of fused-ring (bicyclic) bond motifs is 5. The number of carbonyl (C=O) groups is 1. The molecule has 1 amide bonds. The van der Waals surface area contributed by atoms with Gasteiger partial charge in [-0.1, -0.05) is 11.6 Å². The maximum absolute atomic E-state index is 14.2. The Kier molecular flexibility index (Phi) is 5.86. The number of aromatic nitrogens is 3. The van der Waals surface area contributed by atoms with E-state index >= 15 is 0 Å². The molecule has 0 spiro atoms. The third kappa shape index (κ3) is 4.15. The van der Waals surface area contributed by atoms with E-state index in [4.69, 9.17) is 21.1 Å². The molecule has 2 fully saturated rings. The van der Waals surface area contributed by atoms with Crippen molar-refractivity contribution >= 4 is 23.2 Å². The van der Waals surface area contributed by atoms with E-state index in [9.17, 15) is 9.18 Å². The molecular formula is C25H27ClFN5O3. The quantitative estimate of drug-likeness (QED) is 0.515. The van der Waals surface area contributed by atoms with E-state index in [-0.39, 0.29) is 12.0 Å². The number of amides is 1. The minimum absolute atomic E-state index is 0.0476. The average molecular weight is 500 g/mol. The molecule has 1 aromatic carbocycles. The summed E-state index contributed by atoms with van der Waals surface area (Å²) in [6.07, 6.45) is 7.23. The Bertz CT molecular complexity index is 1270. The molecule has 0 radical (unpaired) electrons. The van der Waals surface area contributed by atoms with Crippen molar-refractivity contribution in [1.82, 2.24) is 24.4 Å². The standard InChI is InChI=1S/C25H27ClFN5O3/c1-34-7-6-31-17-3-4-18(31)10-19(9-17)35-23-8-16(27)2-5-20(23)25(33)30-13-21-22(14-30)29-32-12-15(26)11-28-24(21)32/h2,5,8,11-12,17-19H,3-4,6-7,9-10,13-14H2,1H3/t17-,18+,19?. The summed E-state index contributed by atoms with van der Waals surface area (Å²) in [5.41, 5.74) is 2.75. The normalized spacial score (nSPS) is 23.7. The fourth-order valence-electron chi connectivity index (χ4n) is 5.87. The van der Waals surface area contributed by atoms with E-state index < -0.39 is 5.82 Å². The summed E-state index contributed by atoms with van der Waals surface area (Å²) in [5.74, 6) is -0.306. The summed E-state index contributed by atoms with van der Waals surface area (Å²) in [5, 5.41) is 5.03. The lowest BCUT2D eigenvalue weighted by Crippen LogP contribution is -2.47. The first-order chi connectivity index (χ1) is 17.0. The second-order valence-corrected chi connectivity index (χ2v) is 10.0. The molecule has 35 heavy (non-hydrogen) atoms. The predicted octanol–water partition coefficient (Wildman–Crippen LogP) is 3.70. The highest BCUT2D eigenvalue weighted by Gasteiger charge is 2.41. The Morgan fingerprint density at radius 3 is 2.80 bits per heavy atom. The van der Waals surface area contributed by atoms with E-state index in [0.717, 1.165) is 43.5 Å². The minimum Gasteiger partial charge on any atom is -0.489 e. The van der Waals surface area contributed by atoms with Crippen LogP contribution in [0.2, 0.25) is 5.02 Å². The first kappa shape index (κ1) is 22.7. The number of methoxy groups -OCH3 is 1. The summed E-state index contributed by atoms with van der Waals surface area (Å²) in [6.45, 7) is 2.37. The Hall–Kier alpha value is -2.75. The summed E-state index contributed by atoms with van der Waals surface area (Å²) < 4.78 is 27.5. The minimum atomic E-state index is -0.416. The van der Waals surface area contributed by atoms with Gasteiger partial charge in [-0.3, -0.25) is 9.69 Å². The highest BCUT2D eigenvalue weighted by molar-refractivity contribution is 6.30. The molecule has 5 heterocycles. The van der Waals surface area contributed by atoms with E-state index in [2.05, 4.69) is 15.0 Å². The molecule has 3 aromatic rings. The molecule has 0 saturated carbocycles. The van der Waals surface area contributed by atoms with Crippen molar-refractivity contribution in [2.75, 3.05) is 20.3 Å². The Morgan fingerprint density at radius 1 is 1.23 bits per heavy atom. The van der Waals surface area contributed by atoms with Crippen LogP contribution in [0.3, 0.4) is 0 Å². The van der Waals surface area contributed by atoms with Gasteiger partial charge in [-0.05, 0) is 37.8 Å². The third-order valence-corrected chi connectivity index (χ3v) is 7.65. The largest absolute Gasteiger partial charge is 0.489 e. The van der Waals surface area contributed by atoms with Crippen LogP contribution in [0.4, 0.5) is 4.39 Å². The molecule has 2 aromatic heterocycles. The van der Waals surface area contributed by atoms with E-state index in [0.29, 0.717) is 53.8 Å². The van der Waals surface area contributed by atoms with Crippen LogP contribution in [0.25, 0.3) is 5.65 Å². The van der Waals surface area contributed by atoms with Crippen LogP contribution in [0.1, 0.15) is 47.3 Å². The average Bonchev–Trinajstić information content (AvgIpc) is 3.46. The lowest BCUT2D eigenvalue weighted by atomic mass is 9.99. The van der Waals surface area contributed by atoms with Crippen molar-refractivity contribution in [2.24, 2.45) is 0 Å². The monoisotopic (exact) mass is 499 g/mol. The number of hydrogen-bond donors (Lipinski definition) is 0. The van der Waals surface area contributed by atoms with E-state index in [1.165, 1.54) is 18.2 Å². The van der Waals surface area contributed by atoms with Crippen molar-refractivity contribution in [3.63, 3.8) is 0 Å². The molecule has 2 bridgehead atoms. The van der Waals surface area contributed by atoms with Crippen molar-refractivity contribution < 1.29 is 18.7 Å². The first-order valence-electron chi connectivity index (χ1n) is 12.0. The number of carbonyl (C=O) groups excluding carboxylic acids is 1. The molecule has 0 N–H and O–H groups in total. The number of halogens is 2. The summed E-state index contributed by atoms with van der Waals surface area (Å²) in [6, 6.07) is 5.05. The molecule has 3 atom stereocenters. The van der Waals surface area contributed by atoms with Crippen molar-refractivity contribution in [3.8, 4) is 5.75 Å². The number of rotatable bonds is 6. The van der Waals surface area contributed by atoms with Crippen LogP contribution >= 0.6 is 11.6 Å². The van der Waals surface area contributed by atoms with Gasteiger partial charge in [0.1, 0.15) is 17.7 Å². The number of piperidine rings is 1. The molecule has 8 nitrogen and oxygen atoms in total. The molecule has 184 valence electrons. The SMILES string of the molecule is COCCN1[C@@H]2CC[C@H]1CC(Oc1cc(F)ccc1C(=O)N1Cc3nn4cc(Cl)cnc4c3C1)C2. The molecular weight excluding hydrogens is 473 g/mol. The molecule has 10 heteroatoms. The molecule has 0 aliphatic carbocycles. The number of benzene rings is 1. The predicted molar refractivity (Wildman–Crippen MR) is 127 cm³/mol. The van der Waals surface area contributed by atoms with Crippen LogP contribution in [0.15, 0.2) is 30.6 Å². The molecule has 2 saturated heterocycles. The van der Waals surface area contributed by atoms with Gasteiger partial charge < -0.3 is 14.4 Å². The van der Waals surface area contributed by atoms with Gasteiger partial charge in [-0.15, -0.1) is 0 Å². The van der Waals surface area contributed by atoms with Gasteiger partial charge in [0.15, 0.2) is 5.65 Å². The van der Waals surface area contributed by atoms with Crippen LogP contribution in [0.5, 0.6) is 5.75 Å². The third-order valence-electron chi connectivity index (χ3n) is 7.46. The maximum atomic E-state index is 14.2. The summed E-state index contributed by atoms with van der Waals surface area (Å²) >= 11 is 6.02. The highest BCUT2D eigenvalue weighted by atomic mass is 35.5. The van der Waals surface area contributed by atoms with Crippen molar-refractivity contribution in [3.05, 3.63) is 58.3 Å². The smallest absolute Gasteiger partial charge is 0.258 e. The van der Waals surface area contributed by atoms with Gasteiger partial charge in [-0.2, -0.15) is 5.10 Å². The Balaban J connectivity index is 1.19. The number of hydrogen-bond acceptors (Lipinski definition) is 6. The van der Waals surface area contributed by atoms with Gasteiger partial charge >= 0.3 is 0 Å². The summed E-state index contributed by atoms with van der Waals surface area (Å²) in [4.78, 5) is 22.1. The van der Waals surface area contributed by atoms with Crippen molar-refractivity contribution in [1.29, 1.82) is 0 Å². The van der Waals surface area contributed by atoms with Crippen LogP contribution in [0, 0.1) is 5.82 Å². The summed E-state index contributed by atoms with van der Waals surface area (Å²) in [7, 11) is 1.72. The van der Waals surface area contributed by atoms with Crippen LogP contribution in [-0.4, -0.2) is 68.8 Å². The number of nitrogens with zero attached hydrogens (tertiary/aromatic N) is 5.